The van der Waals surface area contributed by atoms with Crippen LogP contribution in [-0.2, 0) is 20.7 Å². The lowest BCUT2D eigenvalue weighted by Crippen LogP contribution is -2.40. The Labute approximate surface area is 200 Å². The summed E-state index contributed by atoms with van der Waals surface area (Å²) in [4.78, 5) is 18.6. The van der Waals surface area contributed by atoms with Gasteiger partial charge in [0.15, 0.2) is 11.5 Å². The number of carbonyl (C=O) groups excluding carboxylic acids is 1. The summed E-state index contributed by atoms with van der Waals surface area (Å²) in [6.07, 6.45) is 7.02. The van der Waals surface area contributed by atoms with E-state index in [1.165, 1.54) is 25.9 Å². The van der Waals surface area contributed by atoms with Crippen LogP contribution < -0.4 is 14.8 Å². The Morgan fingerprint density at radius 2 is 2.00 bits per heavy atom. The molecular weight excluding hydrogens is 434 g/mol. The first-order chi connectivity index (χ1) is 16.7. The van der Waals surface area contributed by atoms with Gasteiger partial charge in [0.05, 0.1) is 36.7 Å². The summed E-state index contributed by atoms with van der Waals surface area (Å²) >= 11 is 0. The first-order valence-corrected chi connectivity index (χ1v) is 12.5. The van der Waals surface area contributed by atoms with E-state index in [1.807, 2.05) is 12.1 Å². The molecule has 8 heteroatoms. The molecule has 0 radical (unpaired) electrons. The molecule has 184 valence electrons. The van der Waals surface area contributed by atoms with Crippen LogP contribution in [0.1, 0.15) is 55.9 Å². The zero-order valence-corrected chi connectivity index (χ0v) is 20.2. The van der Waals surface area contributed by atoms with E-state index in [2.05, 4.69) is 10.2 Å². The zero-order chi connectivity index (χ0) is 23.5. The minimum atomic E-state index is -0.280. The average Bonchev–Trinajstić information content (AvgIpc) is 3.48. The maximum Gasteiger partial charge on any atom is 0.293 e. The molecule has 8 nitrogen and oxygen atoms in total. The van der Waals surface area contributed by atoms with Gasteiger partial charge in [0.25, 0.3) is 6.47 Å². The van der Waals surface area contributed by atoms with Crippen LogP contribution in [0.15, 0.2) is 12.1 Å². The minimum Gasteiger partial charge on any atom is -0.493 e. The van der Waals surface area contributed by atoms with Gasteiger partial charge in [-0.2, -0.15) is 0 Å². The van der Waals surface area contributed by atoms with Gasteiger partial charge in [0.1, 0.15) is 6.10 Å². The van der Waals surface area contributed by atoms with Crippen LogP contribution in [0.2, 0.25) is 0 Å². The molecule has 0 amide bonds. The summed E-state index contributed by atoms with van der Waals surface area (Å²) in [5, 5.41) is 4.67. The van der Waals surface area contributed by atoms with Gasteiger partial charge >= 0.3 is 0 Å². The van der Waals surface area contributed by atoms with E-state index < -0.39 is 0 Å². The zero-order valence-electron chi connectivity index (χ0n) is 20.2. The van der Waals surface area contributed by atoms with E-state index in [1.54, 1.807) is 14.2 Å². The Balaban J connectivity index is 1.42. The molecule has 1 unspecified atom stereocenters. The van der Waals surface area contributed by atoms with Gasteiger partial charge < -0.3 is 29.2 Å². The molecule has 1 aliphatic heterocycles. The highest BCUT2D eigenvalue weighted by Crippen LogP contribution is 2.45. The SMILES string of the molecule is COc1cc2c(NC3CC(OC)C3)c3c(nc2cc1OCCCN1CCCC1)CCC3OC=O. The lowest BCUT2D eigenvalue weighted by molar-refractivity contribution is -0.133. The number of anilines is 1. The van der Waals surface area contributed by atoms with Crippen LogP contribution in [-0.4, -0.2) is 69.0 Å². The highest BCUT2D eigenvalue weighted by atomic mass is 16.5. The minimum absolute atomic E-state index is 0.280. The Morgan fingerprint density at radius 1 is 1.18 bits per heavy atom. The largest absolute Gasteiger partial charge is 0.493 e. The molecule has 1 atom stereocenters. The number of ether oxygens (including phenoxy) is 4. The molecule has 5 rings (SSSR count). The van der Waals surface area contributed by atoms with Gasteiger partial charge in [-0.05, 0) is 64.1 Å². The Kier molecular flexibility index (Phi) is 7.06. The highest BCUT2D eigenvalue weighted by Gasteiger charge is 2.34. The lowest BCUT2D eigenvalue weighted by Gasteiger charge is -2.36. The van der Waals surface area contributed by atoms with Crippen LogP contribution in [0, 0.1) is 0 Å². The number of fused-ring (bicyclic) bond motifs is 2. The fourth-order valence-electron chi connectivity index (χ4n) is 5.47. The predicted molar refractivity (Wildman–Crippen MR) is 130 cm³/mol. The van der Waals surface area contributed by atoms with Gasteiger partial charge in [0, 0.05) is 36.7 Å². The lowest BCUT2D eigenvalue weighted by atomic mass is 9.88. The summed E-state index contributed by atoms with van der Waals surface area (Å²) in [5.74, 6) is 1.41. The second-order valence-corrected chi connectivity index (χ2v) is 9.55. The quantitative estimate of drug-likeness (QED) is 0.393. The molecule has 1 saturated carbocycles. The maximum atomic E-state index is 11.2. The monoisotopic (exact) mass is 469 g/mol. The van der Waals surface area contributed by atoms with E-state index in [9.17, 15) is 4.79 Å². The van der Waals surface area contributed by atoms with Gasteiger partial charge in [-0.3, -0.25) is 9.78 Å². The molecule has 1 N–H and O–H groups in total. The number of nitrogens with one attached hydrogen (secondary N) is 1. The van der Waals surface area contributed by atoms with Crippen LogP contribution in [0.25, 0.3) is 10.9 Å². The number of likely N-dealkylation sites (tertiary alicyclic amines) is 1. The summed E-state index contributed by atoms with van der Waals surface area (Å²) in [5.41, 5.74) is 3.82. The molecule has 1 saturated heterocycles. The summed E-state index contributed by atoms with van der Waals surface area (Å²) < 4.78 is 22.8. The number of rotatable bonds is 11. The third-order valence-electron chi connectivity index (χ3n) is 7.42. The van der Waals surface area contributed by atoms with E-state index in [0.29, 0.717) is 24.9 Å². The Morgan fingerprint density at radius 3 is 2.74 bits per heavy atom. The second kappa shape index (κ2) is 10.4. The number of carbonyl (C=O) groups is 1. The van der Waals surface area contributed by atoms with E-state index >= 15 is 0 Å². The number of aryl methyl sites for hydroxylation is 1. The van der Waals surface area contributed by atoms with E-state index in [0.717, 1.165) is 72.2 Å². The standard InChI is InChI=1S/C26H35N3O5/c1-31-18-12-17(13-18)27-26-19-14-23(32-2)24(33-11-5-10-29-8-3-4-9-29)15-21(19)28-20-6-7-22(25(20)26)34-16-30/h14-18,22H,3-13H2,1-2H3,(H,27,28). The molecule has 2 aliphatic carbocycles. The van der Waals surface area contributed by atoms with Gasteiger partial charge in [-0.15, -0.1) is 0 Å². The maximum absolute atomic E-state index is 11.2. The first kappa shape index (κ1) is 23.2. The number of pyridine rings is 1. The van der Waals surface area contributed by atoms with Crippen LogP contribution in [0.5, 0.6) is 11.5 Å². The van der Waals surface area contributed by atoms with Gasteiger partial charge in [-0.1, -0.05) is 0 Å². The van der Waals surface area contributed by atoms with Crippen molar-refractivity contribution in [1.82, 2.24) is 9.88 Å². The van der Waals surface area contributed by atoms with Crippen molar-refractivity contribution in [3.63, 3.8) is 0 Å². The Bertz CT molecular complexity index is 1020. The molecule has 2 aromatic rings. The molecule has 0 bridgehead atoms. The summed E-state index contributed by atoms with van der Waals surface area (Å²) in [6.45, 7) is 4.65. The van der Waals surface area contributed by atoms with Crippen molar-refractivity contribution in [2.75, 3.05) is 45.8 Å². The third kappa shape index (κ3) is 4.66. The molecule has 2 heterocycles. The van der Waals surface area contributed by atoms with E-state index in [-0.39, 0.29) is 12.2 Å². The fourth-order valence-corrected chi connectivity index (χ4v) is 5.47. The first-order valence-electron chi connectivity index (χ1n) is 12.5. The van der Waals surface area contributed by atoms with E-state index in [4.69, 9.17) is 23.9 Å². The number of benzene rings is 1. The summed E-state index contributed by atoms with van der Waals surface area (Å²) in [6, 6.07) is 4.30. The smallest absolute Gasteiger partial charge is 0.293 e. The molecular formula is C26H35N3O5. The van der Waals surface area contributed by atoms with Crippen LogP contribution >= 0.6 is 0 Å². The van der Waals surface area contributed by atoms with Crippen molar-refractivity contribution in [2.24, 2.45) is 0 Å². The molecule has 1 aromatic heterocycles. The number of aromatic nitrogens is 1. The second-order valence-electron chi connectivity index (χ2n) is 9.55. The van der Waals surface area contributed by atoms with Crippen molar-refractivity contribution in [2.45, 2.75) is 63.2 Å². The number of nitrogens with zero attached hydrogens (tertiary/aromatic N) is 2. The van der Waals surface area contributed by atoms with Gasteiger partial charge in [-0.25, -0.2) is 0 Å². The topological polar surface area (TPSA) is 82.2 Å². The molecule has 0 spiro atoms. The fraction of sp³-hybridized carbons (Fsp3) is 0.615. The predicted octanol–water partition coefficient (Wildman–Crippen LogP) is 3.86. The van der Waals surface area contributed by atoms with Crippen molar-refractivity contribution in [3.8, 4) is 11.5 Å². The van der Waals surface area contributed by atoms with Crippen molar-refractivity contribution < 1.29 is 23.7 Å². The molecule has 34 heavy (non-hydrogen) atoms. The molecule has 3 aliphatic rings. The summed E-state index contributed by atoms with van der Waals surface area (Å²) in [7, 11) is 3.42. The average molecular weight is 470 g/mol. The number of hydrogen-bond donors (Lipinski definition) is 1. The van der Waals surface area contributed by atoms with Gasteiger partial charge in [0.2, 0.25) is 0 Å². The van der Waals surface area contributed by atoms with Crippen molar-refractivity contribution in [3.05, 3.63) is 23.4 Å². The van der Waals surface area contributed by atoms with Crippen LogP contribution in [0.3, 0.4) is 0 Å². The van der Waals surface area contributed by atoms with Crippen LogP contribution in [0.4, 0.5) is 5.69 Å². The third-order valence-corrected chi connectivity index (χ3v) is 7.42. The molecule has 1 aromatic carbocycles. The normalized spacial score (nSPS) is 24.0. The molecule has 2 fully saturated rings. The number of hydrogen-bond acceptors (Lipinski definition) is 8. The van der Waals surface area contributed by atoms with Crippen molar-refractivity contribution in [1.29, 1.82) is 0 Å². The Hall–Kier alpha value is -2.58. The number of methoxy groups -OCH3 is 2. The van der Waals surface area contributed by atoms with Crippen molar-refractivity contribution >= 4 is 23.1 Å². The highest BCUT2D eigenvalue weighted by molar-refractivity contribution is 5.96.